The molecule has 0 unspecified atom stereocenters. The molecular formula is C22H26N2OS. The van der Waals surface area contributed by atoms with Crippen molar-refractivity contribution in [1.82, 2.24) is 4.98 Å². The number of hydrogen-bond acceptors (Lipinski definition) is 3. The molecular weight excluding hydrogens is 340 g/mol. The van der Waals surface area contributed by atoms with Gasteiger partial charge in [-0.2, -0.15) is 0 Å². The van der Waals surface area contributed by atoms with Crippen molar-refractivity contribution in [2.75, 3.05) is 5.32 Å². The van der Waals surface area contributed by atoms with Crippen molar-refractivity contribution in [3.63, 3.8) is 0 Å². The van der Waals surface area contributed by atoms with Gasteiger partial charge in [0.15, 0.2) is 5.13 Å². The van der Waals surface area contributed by atoms with Gasteiger partial charge in [0, 0.05) is 5.38 Å². The van der Waals surface area contributed by atoms with Gasteiger partial charge in [-0.15, -0.1) is 11.3 Å². The first kappa shape index (κ1) is 16.5. The van der Waals surface area contributed by atoms with E-state index in [1.807, 2.05) is 30.3 Å². The van der Waals surface area contributed by atoms with Crippen molar-refractivity contribution in [2.24, 2.45) is 23.2 Å². The number of carbonyl (C=O) groups excluding carboxylic acids is 1. The van der Waals surface area contributed by atoms with Crippen molar-refractivity contribution in [1.29, 1.82) is 0 Å². The smallest absolute Gasteiger partial charge is 0.230 e. The Hall–Kier alpha value is -1.68. The van der Waals surface area contributed by atoms with Gasteiger partial charge in [-0.05, 0) is 73.7 Å². The van der Waals surface area contributed by atoms with Crippen LogP contribution in [0.25, 0.3) is 0 Å². The molecule has 136 valence electrons. The monoisotopic (exact) mass is 366 g/mol. The predicted octanol–water partition coefficient (Wildman–Crippen LogP) is 5.08. The molecule has 1 aromatic carbocycles. The lowest BCUT2D eigenvalue weighted by Gasteiger charge is -2.56. The van der Waals surface area contributed by atoms with E-state index in [0.29, 0.717) is 11.8 Å². The van der Waals surface area contributed by atoms with Crippen LogP contribution in [0.2, 0.25) is 0 Å². The first-order chi connectivity index (χ1) is 12.7. The zero-order valence-corrected chi connectivity index (χ0v) is 15.9. The Morgan fingerprint density at radius 2 is 1.73 bits per heavy atom. The topological polar surface area (TPSA) is 42.0 Å². The molecule has 4 fully saturated rings. The summed E-state index contributed by atoms with van der Waals surface area (Å²) in [6.07, 6.45) is 10.2. The van der Waals surface area contributed by atoms with E-state index in [-0.39, 0.29) is 5.91 Å². The summed E-state index contributed by atoms with van der Waals surface area (Å²) in [7, 11) is 0. The number of nitrogens with zero attached hydrogens (tertiary/aromatic N) is 1. The number of nitrogens with one attached hydrogen (secondary N) is 1. The van der Waals surface area contributed by atoms with Gasteiger partial charge >= 0.3 is 0 Å². The molecule has 0 aliphatic heterocycles. The molecule has 1 aromatic heterocycles. The van der Waals surface area contributed by atoms with Crippen LogP contribution in [0.4, 0.5) is 5.13 Å². The van der Waals surface area contributed by atoms with E-state index >= 15 is 0 Å². The molecule has 4 aliphatic rings. The van der Waals surface area contributed by atoms with Crippen molar-refractivity contribution < 1.29 is 4.79 Å². The lowest BCUT2D eigenvalue weighted by molar-refractivity contribution is -0.115. The largest absolute Gasteiger partial charge is 0.302 e. The second kappa shape index (κ2) is 6.49. The number of rotatable bonds is 5. The number of amides is 1. The molecule has 1 heterocycles. The number of aromatic nitrogens is 1. The third-order valence-electron chi connectivity index (χ3n) is 6.73. The normalized spacial score (nSPS) is 31.9. The van der Waals surface area contributed by atoms with Crippen molar-refractivity contribution >= 4 is 22.4 Å². The third-order valence-corrected chi connectivity index (χ3v) is 7.53. The molecule has 26 heavy (non-hydrogen) atoms. The molecule has 3 nitrogen and oxygen atoms in total. The highest BCUT2D eigenvalue weighted by Crippen LogP contribution is 2.61. The Labute approximate surface area is 159 Å². The zero-order chi connectivity index (χ0) is 17.6. The van der Waals surface area contributed by atoms with E-state index in [9.17, 15) is 4.79 Å². The van der Waals surface area contributed by atoms with Gasteiger partial charge in [0.25, 0.3) is 0 Å². The predicted molar refractivity (Wildman–Crippen MR) is 105 cm³/mol. The van der Waals surface area contributed by atoms with Crippen molar-refractivity contribution in [3.8, 4) is 0 Å². The highest BCUT2D eigenvalue weighted by Gasteiger charge is 2.50. The average Bonchev–Trinajstić information content (AvgIpc) is 3.00. The van der Waals surface area contributed by atoms with Crippen LogP contribution in [-0.2, 0) is 17.6 Å². The van der Waals surface area contributed by atoms with Gasteiger partial charge in [0.1, 0.15) is 0 Å². The number of benzene rings is 1. The Balaban J connectivity index is 1.23. The minimum Gasteiger partial charge on any atom is -0.302 e. The molecule has 0 spiro atoms. The summed E-state index contributed by atoms with van der Waals surface area (Å²) in [6, 6.07) is 9.88. The average molecular weight is 367 g/mol. The maximum Gasteiger partial charge on any atom is 0.230 e. The summed E-state index contributed by atoms with van der Waals surface area (Å²) in [5.74, 6) is 2.95. The number of anilines is 1. The van der Waals surface area contributed by atoms with Crippen LogP contribution in [0.5, 0.6) is 0 Å². The first-order valence-corrected chi connectivity index (χ1v) is 10.8. The number of carbonyl (C=O) groups is 1. The van der Waals surface area contributed by atoms with Crippen LogP contribution in [0.1, 0.15) is 49.8 Å². The third kappa shape index (κ3) is 3.32. The molecule has 1 amide bonds. The summed E-state index contributed by atoms with van der Waals surface area (Å²) >= 11 is 1.57. The van der Waals surface area contributed by atoms with Crippen LogP contribution in [0.3, 0.4) is 0 Å². The summed E-state index contributed by atoms with van der Waals surface area (Å²) < 4.78 is 0. The molecule has 0 radical (unpaired) electrons. The lowest BCUT2D eigenvalue weighted by atomic mass is 9.48. The molecule has 4 bridgehead atoms. The first-order valence-electron chi connectivity index (χ1n) is 9.94. The van der Waals surface area contributed by atoms with Gasteiger partial charge in [0.05, 0.1) is 12.1 Å². The fraction of sp³-hybridized carbons (Fsp3) is 0.545. The van der Waals surface area contributed by atoms with Crippen LogP contribution < -0.4 is 5.32 Å². The van der Waals surface area contributed by atoms with Crippen LogP contribution in [-0.4, -0.2) is 10.9 Å². The molecule has 4 aliphatic carbocycles. The summed E-state index contributed by atoms with van der Waals surface area (Å²) in [5, 5.41) is 5.91. The quantitative estimate of drug-likeness (QED) is 0.801. The van der Waals surface area contributed by atoms with Gasteiger partial charge < -0.3 is 5.32 Å². The molecule has 6 rings (SSSR count). The Kier molecular flexibility index (Phi) is 4.11. The van der Waals surface area contributed by atoms with Crippen molar-refractivity contribution in [2.45, 2.75) is 51.4 Å². The lowest BCUT2D eigenvalue weighted by Crippen LogP contribution is -2.47. The summed E-state index contributed by atoms with van der Waals surface area (Å²) in [5.41, 5.74) is 2.73. The van der Waals surface area contributed by atoms with Crippen LogP contribution in [0.15, 0.2) is 35.7 Å². The summed E-state index contributed by atoms with van der Waals surface area (Å²) in [4.78, 5) is 17.0. The molecule has 0 atom stereocenters. The van der Waals surface area contributed by atoms with Gasteiger partial charge in [-0.25, -0.2) is 4.98 Å². The minimum atomic E-state index is 0.0203. The van der Waals surface area contributed by atoms with Gasteiger partial charge in [0.2, 0.25) is 5.91 Å². The molecule has 2 aromatic rings. The van der Waals surface area contributed by atoms with Crippen LogP contribution >= 0.6 is 11.3 Å². The zero-order valence-electron chi connectivity index (χ0n) is 15.1. The highest BCUT2D eigenvalue weighted by atomic mass is 32.1. The Bertz CT molecular complexity index is 762. The SMILES string of the molecule is O=C(Cc1ccccc1)Nc1nc(CC23CC4CC(CC(C4)C2)C3)cs1. The summed E-state index contributed by atoms with van der Waals surface area (Å²) in [6.45, 7) is 0. The van der Waals surface area contributed by atoms with E-state index in [4.69, 9.17) is 4.98 Å². The second-order valence-electron chi connectivity index (χ2n) is 8.95. The maximum absolute atomic E-state index is 12.3. The van der Waals surface area contributed by atoms with Crippen LogP contribution in [0, 0.1) is 23.2 Å². The Morgan fingerprint density at radius 3 is 2.38 bits per heavy atom. The molecule has 4 saturated carbocycles. The van der Waals surface area contributed by atoms with E-state index in [1.54, 1.807) is 11.3 Å². The van der Waals surface area contributed by atoms with E-state index in [2.05, 4.69) is 10.7 Å². The Morgan fingerprint density at radius 1 is 1.08 bits per heavy atom. The molecule has 4 heteroatoms. The maximum atomic E-state index is 12.3. The highest BCUT2D eigenvalue weighted by molar-refractivity contribution is 7.13. The second-order valence-corrected chi connectivity index (χ2v) is 9.81. The fourth-order valence-corrected chi connectivity index (χ4v) is 7.01. The van der Waals surface area contributed by atoms with Gasteiger partial charge in [-0.1, -0.05) is 30.3 Å². The molecule has 1 N–H and O–H groups in total. The van der Waals surface area contributed by atoms with E-state index in [1.165, 1.54) is 44.2 Å². The number of hydrogen-bond donors (Lipinski definition) is 1. The molecule has 0 saturated heterocycles. The van der Waals surface area contributed by atoms with E-state index in [0.717, 1.165) is 34.9 Å². The van der Waals surface area contributed by atoms with Gasteiger partial charge in [-0.3, -0.25) is 4.79 Å². The van der Waals surface area contributed by atoms with E-state index < -0.39 is 0 Å². The fourth-order valence-electron chi connectivity index (χ4n) is 6.28. The minimum absolute atomic E-state index is 0.0203. The standard InChI is InChI=1S/C22H26N2OS/c25-20(9-15-4-2-1-3-5-15)24-21-23-19(14-26-21)13-22-10-16-6-17(11-22)8-18(7-16)12-22/h1-5,14,16-18H,6-13H2,(H,23,24,25). The number of thiazole rings is 1. The van der Waals surface area contributed by atoms with Crippen molar-refractivity contribution in [3.05, 3.63) is 47.0 Å².